The molecule has 14 heavy (non-hydrogen) atoms. The zero-order valence-electron chi connectivity index (χ0n) is 8.14. The molecule has 0 saturated heterocycles. The van der Waals surface area contributed by atoms with Crippen molar-refractivity contribution < 1.29 is 4.74 Å². The summed E-state index contributed by atoms with van der Waals surface area (Å²) in [5.74, 6) is 1.77. The summed E-state index contributed by atoms with van der Waals surface area (Å²) in [6, 6.07) is 3.99. The number of hydrogen-bond acceptors (Lipinski definition) is 2. The Morgan fingerprint density at radius 2 is 1.86 bits per heavy atom. The van der Waals surface area contributed by atoms with Gasteiger partial charge in [-0.1, -0.05) is 0 Å². The minimum Gasteiger partial charge on any atom is -0.496 e. The molecule has 0 heterocycles. The van der Waals surface area contributed by atoms with Gasteiger partial charge in [0.15, 0.2) is 0 Å². The van der Waals surface area contributed by atoms with Crippen molar-refractivity contribution in [3.05, 3.63) is 23.3 Å². The monoisotopic (exact) mass is 250 g/mol. The third kappa shape index (κ3) is 2.50. The predicted molar refractivity (Wildman–Crippen MR) is 63.9 cm³/mol. The van der Waals surface area contributed by atoms with Gasteiger partial charge in [0, 0.05) is 16.3 Å². The summed E-state index contributed by atoms with van der Waals surface area (Å²) in [7, 11) is 1.64. The normalized spacial score (nSPS) is 10.3. The van der Waals surface area contributed by atoms with Crippen LogP contribution in [0.15, 0.2) is 17.0 Å². The molecule has 1 nitrogen and oxygen atoms in total. The van der Waals surface area contributed by atoms with Gasteiger partial charge in [-0.15, -0.1) is 35.0 Å². The SMILES string of the molecule is COc1cc(CCl)c(SC)cc1CCl. The maximum absolute atomic E-state index is 5.83. The van der Waals surface area contributed by atoms with E-state index in [0.717, 1.165) is 21.8 Å². The number of thioether (sulfide) groups is 1. The summed E-state index contributed by atoms with van der Waals surface area (Å²) in [4.78, 5) is 1.16. The van der Waals surface area contributed by atoms with Crippen molar-refractivity contribution in [2.24, 2.45) is 0 Å². The van der Waals surface area contributed by atoms with Gasteiger partial charge in [-0.3, -0.25) is 0 Å². The second-order valence-electron chi connectivity index (χ2n) is 2.74. The Balaban J connectivity index is 3.20. The second-order valence-corrected chi connectivity index (χ2v) is 4.13. The van der Waals surface area contributed by atoms with Crippen LogP contribution in [0.4, 0.5) is 0 Å². The number of alkyl halides is 2. The molecular formula is C10H12Cl2OS. The highest BCUT2D eigenvalue weighted by Crippen LogP contribution is 2.31. The molecule has 0 bridgehead atoms. The third-order valence-electron chi connectivity index (χ3n) is 1.97. The van der Waals surface area contributed by atoms with Crippen LogP contribution in [-0.2, 0) is 11.8 Å². The maximum Gasteiger partial charge on any atom is 0.123 e. The Kier molecular flexibility index (Phi) is 4.93. The molecule has 0 atom stereocenters. The van der Waals surface area contributed by atoms with Crippen LogP contribution in [0.5, 0.6) is 5.75 Å². The minimum atomic E-state index is 0.458. The van der Waals surface area contributed by atoms with E-state index < -0.39 is 0 Å². The van der Waals surface area contributed by atoms with Crippen molar-refractivity contribution in [2.75, 3.05) is 13.4 Å². The summed E-state index contributed by atoms with van der Waals surface area (Å²) in [5, 5.41) is 0. The molecule has 0 fully saturated rings. The smallest absolute Gasteiger partial charge is 0.123 e. The third-order valence-corrected chi connectivity index (χ3v) is 3.37. The lowest BCUT2D eigenvalue weighted by Gasteiger charge is -2.11. The van der Waals surface area contributed by atoms with Crippen LogP contribution in [0, 0.1) is 0 Å². The second kappa shape index (κ2) is 5.74. The van der Waals surface area contributed by atoms with E-state index in [1.807, 2.05) is 18.4 Å². The van der Waals surface area contributed by atoms with Gasteiger partial charge in [0.2, 0.25) is 0 Å². The molecule has 0 radical (unpaired) electrons. The molecule has 1 rings (SSSR count). The number of rotatable bonds is 4. The molecule has 0 spiro atoms. The van der Waals surface area contributed by atoms with Crippen LogP contribution in [0.25, 0.3) is 0 Å². The van der Waals surface area contributed by atoms with Crippen LogP contribution in [0.1, 0.15) is 11.1 Å². The highest BCUT2D eigenvalue weighted by molar-refractivity contribution is 7.98. The quantitative estimate of drug-likeness (QED) is 0.593. The number of benzene rings is 1. The molecule has 4 heteroatoms. The Bertz CT molecular complexity index is 257. The first kappa shape index (κ1) is 12.0. The lowest BCUT2D eigenvalue weighted by atomic mass is 10.1. The Morgan fingerprint density at radius 3 is 2.29 bits per heavy atom. The van der Waals surface area contributed by atoms with Crippen molar-refractivity contribution in [1.29, 1.82) is 0 Å². The van der Waals surface area contributed by atoms with Crippen molar-refractivity contribution in [3.63, 3.8) is 0 Å². The van der Waals surface area contributed by atoms with Crippen LogP contribution in [-0.4, -0.2) is 13.4 Å². The zero-order valence-corrected chi connectivity index (χ0v) is 10.5. The van der Waals surface area contributed by atoms with Gasteiger partial charge in [-0.05, 0) is 24.0 Å². The van der Waals surface area contributed by atoms with E-state index >= 15 is 0 Å². The molecular weight excluding hydrogens is 239 g/mol. The van der Waals surface area contributed by atoms with E-state index in [4.69, 9.17) is 27.9 Å². The average molecular weight is 251 g/mol. The fraction of sp³-hybridized carbons (Fsp3) is 0.400. The van der Waals surface area contributed by atoms with Gasteiger partial charge in [0.05, 0.1) is 13.0 Å². The molecule has 0 amide bonds. The fourth-order valence-electron chi connectivity index (χ4n) is 1.23. The van der Waals surface area contributed by atoms with Crippen LogP contribution in [0.2, 0.25) is 0 Å². The van der Waals surface area contributed by atoms with Gasteiger partial charge >= 0.3 is 0 Å². The molecule has 1 aromatic rings. The number of hydrogen-bond donors (Lipinski definition) is 0. The summed E-state index contributed by atoms with van der Waals surface area (Å²) in [6.45, 7) is 0. The average Bonchev–Trinajstić information content (AvgIpc) is 2.26. The summed E-state index contributed by atoms with van der Waals surface area (Å²) >= 11 is 13.3. The molecule has 0 aliphatic rings. The van der Waals surface area contributed by atoms with Gasteiger partial charge in [-0.2, -0.15) is 0 Å². The van der Waals surface area contributed by atoms with Crippen LogP contribution < -0.4 is 4.74 Å². The molecule has 0 unspecified atom stereocenters. The summed E-state index contributed by atoms with van der Waals surface area (Å²) in [5.41, 5.74) is 2.09. The highest BCUT2D eigenvalue weighted by Gasteiger charge is 2.08. The number of ether oxygens (including phenoxy) is 1. The Morgan fingerprint density at radius 1 is 1.21 bits per heavy atom. The molecule has 0 N–H and O–H groups in total. The molecule has 0 aliphatic carbocycles. The minimum absolute atomic E-state index is 0.458. The lowest BCUT2D eigenvalue weighted by Crippen LogP contribution is -1.93. The molecule has 1 aromatic carbocycles. The van der Waals surface area contributed by atoms with Gasteiger partial charge in [0.1, 0.15) is 5.75 Å². The first-order valence-electron chi connectivity index (χ1n) is 4.12. The fourth-order valence-corrected chi connectivity index (χ4v) is 2.40. The van der Waals surface area contributed by atoms with E-state index in [1.165, 1.54) is 0 Å². The van der Waals surface area contributed by atoms with Crippen molar-refractivity contribution in [2.45, 2.75) is 16.7 Å². The van der Waals surface area contributed by atoms with Crippen molar-refractivity contribution in [1.82, 2.24) is 0 Å². The highest BCUT2D eigenvalue weighted by atomic mass is 35.5. The first-order chi connectivity index (χ1) is 6.76. The molecule has 0 saturated carbocycles. The summed E-state index contributed by atoms with van der Waals surface area (Å²) < 4.78 is 5.23. The molecule has 0 aromatic heterocycles. The Hall–Kier alpha value is -0.0500. The van der Waals surface area contributed by atoms with Gasteiger partial charge in [-0.25, -0.2) is 0 Å². The van der Waals surface area contributed by atoms with E-state index in [9.17, 15) is 0 Å². The van der Waals surface area contributed by atoms with Crippen molar-refractivity contribution in [3.8, 4) is 5.75 Å². The zero-order chi connectivity index (χ0) is 10.6. The van der Waals surface area contributed by atoms with Gasteiger partial charge in [0.25, 0.3) is 0 Å². The summed E-state index contributed by atoms with van der Waals surface area (Å²) in [6.07, 6.45) is 2.02. The van der Waals surface area contributed by atoms with E-state index in [1.54, 1.807) is 18.9 Å². The van der Waals surface area contributed by atoms with Gasteiger partial charge < -0.3 is 4.74 Å². The standard InChI is InChI=1S/C10H12Cl2OS/c1-13-9-3-8(6-12)10(14-2)4-7(9)5-11/h3-4H,5-6H2,1-2H3. The van der Waals surface area contributed by atoms with E-state index in [0.29, 0.717) is 11.8 Å². The van der Waals surface area contributed by atoms with E-state index in [2.05, 4.69) is 0 Å². The topological polar surface area (TPSA) is 9.23 Å². The first-order valence-corrected chi connectivity index (χ1v) is 6.41. The lowest BCUT2D eigenvalue weighted by molar-refractivity contribution is 0.410. The number of halogens is 2. The number of methoxy groups -OCH3 is 1. The van der Waals surface area contributed by atoms with Crippen LogP contribution >= 0.6 is 35.0 Å². The largest absolute Gasteiger partial charge is 0.496 e. The molecule has 0 aliphatic heterocycles. The van der Waals surface area contributed by atoms with E-state index in [-0.39, 0.29) is 0 Å². The van der Waals surface area contributed by atoms with Crippen LogP contribution in [0.3, 0.4) is 0 Å². The molecule has 78 valence electrons. The van der Waals surface area contributed by atoms with Crippen molar-refractivity contribution >= 4 is 35.0 Å². The Labute approximate surface area is 98.7 Å². The maximum atomic E-state index is 5.83. The predicted octanol–water partition coefficient (Wildman–Crippen LogP) is 3.89.